The molecule has 0 fully saturated rings. The minimum absolute atomic E-state index is 0.00172. The normalized spacial score (nSPS) is 14.2. The molecule has 12 aromatic rings. The standard InChI is InChI=1S/C30H28N4O2.C28H21F4N5O2.C28H22F3N5O2/c1-19-9-13-22(14-10-19)33-28(35)24-17-21(12-11-20(24)2)23-7-5-8-25-27(23)30(3,4)29(36)34(25)18-26-31-15-6-16-32-26;1-15-7-8-17(12-20(15)29)36-25(38)19-11-16(13-34-24(19)28(30,31)32)18-5-4-6-21-23(18)27(2,3)26(39)37(21)22-9-10-33-14-35-22;1-16-8-10-18(11-9-16)35-24(37)20-14-17(15-34-23(20)28(29,30)31)19-6-4-7-21-22(19)27(2,3)25(38)36(21)26-32-12-5-13-33-26/h5-17H,18H2,1-4H3,(H,33,35);4-14H,1-3H3,(H,36,38);4-15H,1-3H3,(H,35,37). The van der Waals surface area contributed by atoms with Crippen LogP contribution in [0.1, 0.15) is 129 Å². The van der Waals surface area contributed by atoms with E-state index in [1.807, 2.05) is 95.3 Å². The third-order valence-corrected chi connectivity index (χ3v) is 19.8. The van der Waals surface area contributed by atoms with Gasteiger partial charge in [-0.1, -0.05) is 90.0 Å². The molecule has 3 aliphatic heterocycles. The van der Waals surface area contributed by atoms with Crippen LogP contribution in [0.5, 0.6) is 0 Å². The van der Waals surface area contributed by atoms with Gasteiger partial charge in [-0.15, -0.1) is 0 Å². The minimum Gasteiger partial charge on any atom is -0.322 e. The number of halogens is 7. The van der Waals surface area contributed by atoms with E-state index in [-0.39, 0.29) is 46.4 Å². The van der Waals surface area contributed by atoms with Crippen LogP contribution in [-0.4, -0.2) is 75.3 Å². The molecule has 7 aromatic carbocycles. The monoisotopic (exact) mass is 1530 g/mol. The van der Waals surface area contributed by atoms with Gasteiger partial charge in [0.15, 0.2) is 11.4 Å². The number of alkyl halides is 6. The van der Waals surface area contributed by atoms with Gasteiger partial charge in [0.05, 0.1) is 45.3 Å². The first-order chi connectivity index (χ1) is 53.6. The van der Waals surface area contributed by atoms with E-state index in [9.17, 15) is 59.5 Å². The Labute approximate surface area is 644 Å². The van der Waals surface area contributed by atoms with Gasteiger partial charge in [0.25, 0.3) is 17.7 Å². The number of aryl methyl sites for hydroxylation is 4. The molecular formula is C86H71F7N14O6. The molecule has 0 saturated carbocycles. The molecule has 8 heterocycles. The largest absolute Gasteiger partial charge is 0.434 e. The highest BCUT2D eigenvalue weighted by Gasteiger charge is 2.50. The molecule has 15 rings (SSSR count). The van der Waals surface area contributed by atoms with Gasteiger partial charge in [-0.3, -0.25) is 43.6 Å². The van der Waals surface area contributed by atoms with Crippen LogP contribution < -0.4 is 30.7 Å². The molecule has 0 radical (unpaired) electrons. The van der Waals surface area contributed by atoms with Crippen molar-refractivity contribution in [3.8, 4) is 33.4 Å². The average molecular weight is 1530 g/mol. The van der Waals surface area contributed by atoms with Gasteiger partial charge in [0.1, 0.15) is 23.8 Å². The third-order valence-electron chi connectivity index (χ3n) is 19.8. The maximum absolute atomic E-state index is 14.0. The third kappa shape index (κ3) is 15.3. The van der Waals surface area contributed by atoms with Crippen molar-refractivity contribution in [2.24, 2.45) is 0 Å². The van der Waals surface area contributed by atoms with E-state index in [1.54, 1.807) is 124 Å². The van der Waals surface area contributed by atoms with E-state index in [0.717, 1.165) is 75.3 Å². The molecule has 0 bridgehead atoms. The van der Waals surface area contributed by atoms with E-state index < -0.39 is 68.7 Å². The summed E-state index contributed by atoms with van der Waals surface area (Å²) in [5.41, 5.74) is 5.16. The number of benzene rings is 7. The van der Waals surface area contributed by atoms with Gasteiger partial charge in [-0.05, 0) is 210 Å². The summed E-state index contributed by atoms with van der Waals surface area (Å²) in [7, 11) is 0. The molecule has 20 nitrogen and oxygen atoms in total. The lowest BCUT2D eigenvalue weighted by Crippen LogP contribution is -2.36. The lowest BCUT2D eigenvalue weighted by atomic mass is 9.81. The Hall–Kier alpha value is -13.6. The van der Waals surface area contributed by atoms with Crippen molar-refractivity contribution in [3.05, 3.63) is 298 Å². The van der Waals surface area contributed by atoms with Crippen molar-refractivity contribution >= 4 is 81.3 Å². The second kappa shape index (κ2) is 30.3. The van der Waals surface area contributed by atoms with Gasteiger partial charge < -0.3 is 20.9 Å². The fraction of sp³-hybridized carbons (Fsp3) is 0.186. The lowest BCUT2D eigenvalue weighted by Gasteiger charge is -2.20. The van der Waals surface area contributed by atoms with Crippen LogP contribution in [0.25, 0.3) is 33.4 Å². The molecule has 5 aromatic heterocycles. The molecule has 3 N–H and O–H groups in total. The summed E-state index contributed by atoms with van der Waals surface area (Å²) in [6.45, 7) is 18.4. The van der Waals surface area contributed by atoms with Crippen LogP contribution in [0.2, 0.25) is 0 Å². The van der Waals surface area contributed by atoms with Crippen LogP contribution in [-0.2, 0) is 49.5 Å². The fourth-order valence-electron chi connectivity index (χ4n) is 14.0. The fourth-order valence-corrected chi connectivity index (χ4v) is 14.0. The minimum atomic E-state index is -4.93. The van der Waals surface area contributed by atoms with Crippen LogP contribution in [0.3, 0.4) is 0 Å². The number of anilines is 8. The molecular weight excluding hydrogens is 1460 g/mol. The Morgan fingerprint density at radius 3 is 1.34 bits per heavy atom. The zero-order valence-corrected chi connectivity index (χ0v) is 62.5. The van der Waals surface area contributed by atoms with Gasteiger partial charge in [0, 0.05) is 82.8 Å². The number of nitrogens with one attached hydrogen (secondary N) is 3. The number of aromatic nitrogens is 8. The van der Waals surface area contributed by atoms with Crippen LogP contribution >= 0.6 is 0 Å². The topological polar surface area (TPSA) is 251 Å². The number of pyridine rings is 2. The predicted octanol–water partition coefficient (Wildman–Crippen LogP) is 18.1. The quantitative estimate of drug-likeness (QED) is 0.0908. The number of rotatable bonds is 13. The highest BCUT2D eigenvalue weighted by atomic mass is 19.4. The Kier molecular flexibility index (Phi) is 20.8. The number of amides is 6. The molecule has 3 aliphatic rings. The van der Waals surface area contributed by atoms with Crippen LogP contribution in [0.15, 0.2) is 220 Å². The molecule has 113 heavy (non-hydrogen) atoms. The molecule has 6 amide bonds. The molecule has 0 saturated heterocycles. The molecule has 0 atom stereocenters. The summed E-state index contributed by atoms with van der Waals surface area (Å²) < 4.78 is 97.2. The SMILES string of the molecule is Cc1ccc(NC(=O)c2cc(-c3cccc4c3C(C)(C)C(=O)N4Cc3ncccn3)ccc2C)cc1.Cc1ccc(NC(=O)c2cc(-c3cccc4c3C(C)(C)C(=O)N4c3ccncn3)cnc2C(F)(F)F)cc1F.Cc1ccc(NC(=O)c2cc(-c3cccc4c3C(C)(C)C(=O)N4c3ncccn3)cnc2C(F)(F)F)cc1. The molecule has 0 unspecified atom stereocenters. The summed E-state index contributed by atoms with van der Waals surface area (Å²) in [6, 6.07) is 47.4. The summed E-state index contributed by atoms with van der Waals surface area (Å²) in [6.07, 6.45) is 1.51. The summed E-state index contributed by atoms with van der Waals surface area (Å²) in [5, 5.41) is 7.85. The van der Waals surface area contributed by atoms with E-state index in [1.165, 1.54) is 53.8 Å². The van der Waals surface area contributed by atoms with Crippen molar-refractivity contribution in [1.29, 1.82) is 0 Å². The van der Waals surface area contributed by atoms with Crippen LogP contribution in [0.4, 0.5) is 76.6 Å². The van der Waals surface area contributed by atoms with Gasteiger partial charge >= 0.3 is 12.4 Å². The van der Waals surface area contributed by atoms with E-state index in [0.29, 0.717) is 68.6 Å². The summed E-state index contributed by atoms with van der Waals surface area (Å²) >= 11 is 0. The van der Waals surface area contributed by atoms with Crippen molar-refractivity contribution in [2.45, 2.75) is 104 Å². The first kappa shape index (κ1) is 77.6. The Bertz CT molecular complexity index is 5750. The molecule has 570 valence electrons. The Balaban J connectivity index is 0.000000148. The number of carbonyl (C=O) groups excluding carboxylic acids is 6. The summed E-state index contributed by atoms with van der Waals surface area (Å²) in [5.74, 6) is -2.29. The smallest absolute Gasteiger partial charge is 0.322 e. The van der Waals surface area contributed by atoms with Crippen molar-refractivity contribution in [2.75, 3.05) is 30.7 Å². The maximum atomic E-state index is 14.0. The van der Waals surface area contributed by atoms with Gasteiger partial charge in [-0.2, -0.15) is 26.3 Å². The van der Waals surface area contributed by atoms with E-state index in [4.69, 9.17) is 0 Å². The average Bonchev–Trinajstić information content (AvgIpc) is 1.59. The zero-order chi connectivity index (χ0) is 80.8. The molecule has 0 aliphatic carbocycles. The number of fused-ring (bicyclic) bond motifs is 3. The van der Waals surface area contributed by atoms with Crippen LogP contribution in [0, 0.1) is 33.5 Å². The molecule has 0 spiro atoms. The Morgan fingerprint density at radius 1 is 0.416 bits per heavy atom. The second-order valence-electron chi connectivity index (χ2n) is 28.8. The lowest BCUT2D eigenvalue weighted by molar-refractivity contribution is -0.142. The summed E-state index contributed by atoms with van der Waals surface area (Å²) in [4.78, 5) is 117. The Morgan fingerprint density at radius 2 is 0.841 bits per heavy atom. The second-order valence-corrected chi connectivity index (χ2v) is 28.8. The van der Waals surface area contributed by atoms with Crippen molar-refractivity contribution < 1.29 is 59.5 Å². The highest BCUT2D eigenvalue weighted by Crippen LogP contribution is 2.52. The van der Waals surface area contributed by atoms with Crippen molar-refractivity contribution in [3.63, 3.8) is 0 Å². The van der Waals surface area contributed by atoms with Gasteiger partial charge in [0.2, 0.25) is 23.7 Å². The first-order valence-electron chi connectivity index (χ1n) is 35.4. The first-order valence-corrected chi connectivity index (χ1v) is 35.4. The maximum Gasteiger partial charge on any atom is 0.434 e. The molecule has 27 heteroatoms. The van der Waals surface area contributed by atoms with E-state index in [2.05, 4.69) is 55.8 Å². The zero-order valence-electron chi connectivity index (χ0n) is 62.5. The predicted molar refractivity (Wildman–Crippen MR) is 414 cm³/mol. The number of hydrogen-bond acceptors (Lipinski definition) is 14. The van der Waals surface area contributed by atoms with Crippen molar-refractivity contribution in [1.82, 2.24) is 39.9 Å². The highest BCUT2D eigenvalue weighted by molar-refractivity contribution is 6.16. The number of hydrogen-bond donors (Lipinski definition) is 3. The van der Waals surface area contributed by atoms with E-state index >= 15 is 0 Å². The van der Waals surface area contributed by atoms with Gasteiger partial charge in [-0.25, -0.2) is 39.2 Å². The number of nitrogens with zero attached hydrogens (tertiary/aromatic N) is 11. The number of carbonyl (C=O) groups is 6.